The molecule has 0 bridgehead atoms. The minimum atomic E-state index is -1.09. The van der Waals surface area contributed by atoms with E-state index in [9.17, 15) is 19.2 Å². The fourth-order valence-corrected chi connectivity index (χ4v) is 3.98. The maximum absolute atomic E-state index is 13.2. The number of furan rings is 1. The molecule has 4 N–H and O–H groups in total. The van der Waals surface area contributed by atoms with Gasteiger partial charge in [0, 0.05) is 23.7 Å². The summed E-state index contributed by atoms with van der Waals surface area (Å²) in [4.78, 5) is 49.1. The number of hydrogen-bond donors (Lipinski definition) is 4. The first-order valence-corrected chi connectivity index (χ1v) is 12.9. The third kappa shape index (κ3) is 8.82. The van der Waals surface area contributed by atoms with Crippen LogP contribution in [0.1, 0.15) is 34.5 Å². The first-order chi connectivity index (χ1) is 19.9. The first-order valence-electron chi connectivity index (χ1n) is 12.9. The minimum absolute atomic E-state index is 0.0624. The number of carbonyl (C=O) groups excluding carboxylic acids is 3. The van der Waals surface area contributed by atoms with Crippen molar-refractivity contribution >= 4 is 46.6 Å². The summed E-state index contributed by atoms with van der Waals surface area (Å²) in [5.41, 5.74) is 2.40. The molecule has 0 spiro atoms. The quantitative estimate of drug-likeness (QED) is 0.142. The largest absolute Gasteiger partial charge is 0.478 e. The van der Waals surface area contributed by atoms with Crippen LogP contribution in [0.5, 0.6) is 0 Å². The number of fused-ring (bicyclic) bond motifs is 1. The van der Waals surface area contributed by atoms with Gasteiger partial charge in [0.1, 0.15) is 18.2 Å². The van der Waals surface area contributed by atoms with E-state index in [0.29, 0.717) is 23.3 Å². The maximum atomic E-state index is 13.2. The molecule has 0 aliphatic carbocycles. The van der Waals surface area contributed by atoms with E-state index in [1.807, 2.05) is 42.5 Å². The third-order valence-corrected chi connectivity index (χ3v) is 6.00. The van der Waals surface area contributed by atoms with Crippen LogP contribution in [0.3, 0.4) is 0 Å². The Morgan fingerprint density at radius 3 is 2.49 bits per heavy atom. The standard InChI is InChI=1S/C31H29N3O7/c35-28(36)16-15-21-10-6-12-24(18-21)33-29(37)25(34-30(38)27-19-23-11-4-5-14-26(23)41-27)13-7-17-32-31(39)40-20-22-8-2-1-3-9-22/h1-6,8-12,14-16,18-19,25H,7,13,17,20H2,(H,32,39)(H,33,37)(H,34,38)(H,35,36)/t25-/m0/s1. The number of anilines is 1. The molecule has 1 atom stereocenters. The molecule has 3 amide bonds. The molecule has 0 fully saturated rings. The number of nitrogens with one attached hydrogen (secondary N) is 3. The second-order valence-electron chi connectivity index (χ2n) is 9.09. The summed E-state index contributed by atoms with van der Waals surface area (Å²) in [7, 11) is 0. The Hall–Kier alpha value is -5.38. The predicted octanol–water partition coefficient (Wildman–Crippen LogP) is 4.97. The normalized spacial score (nSPS) is 11.6. The van der Waals surface area contributed by atoms with Crippen LogP contribution in [0.4, 0.5) is 10.5 Å². The van der Waals surface area contributed by atoms with Crippen LogP contribution in [0.25, 0.3) is 17.0 Å². The Morgan fingerprint density at radius 2 is 1.71 bits per heavy atom. The molecule has 3 aromatic carbocycles. The zero-order valence-corrected chi connectivity index (χ0v) is 22.0. The summed E-state index contributed by atoms with van der Waals surface area (Å²) < 4.78 is 10.8. The van der Waals surface area contributed by atoms with Crippen molar-refractivity contribution in [2.45, 2.75) is 25.5 Å². The van der Waals surface area contributed by atoms with Crippen molar-refractivity contribution in [1.29, 1.82) is 0 Å². The summed E-state index contributed by atoms with van der Waals surface area (Å²) in [6.45, 7) is 0.347. The van der Waals surface area contributed by atoms with Crippen molar-refractivity contribution in [2.24, 2.45) is 0 Å². The van der Waals surface area contributed by atoms with Gasteiger partial charge in [-0.25, -0.2) is 9.59 Å². The van der Waals surface area contributed by atoms with Gasteiger partial charge >= 0.3 is 12.1 Å². The topological polar surface area (TPSA) is 147 Å². The molecule has 0 aliphatic heterocycles. The summed E-state index contributed by atoms with van der Waals surface area (Å²) in [6.07, 6.45) is 2.37. The summed E-state index contributed by atoms with van der Waals surface area (Å²) in [6, 6.07) is 23.7. The maximum Gasteiger partial charge on any atom is 0.407 e. The van der Waals surface area contributed by atoms with Gasteiger partial charge < -0.3 is 30.2 Å². The monoisotopic (exact) mass is 555 g/mol. The lowest BCUT2D eigenvalue weighted by Crippen LogP contribution is -2.44. The van der Waals surface area contributed by atoms with Crippen LogP contribution in [0.15, 0.2) is 95.4 Å². The second-order valence-corrected chi connectivity index (χ2v) is 9.09. The van der Waals surface area contributed by atoms with E-state index in [1.165, 1.54) is 6.08 Å². The number of rotatable bonds is 12. The van der Waals surface area contributed by atoms with E-state index in [4.69, 9.17) is 14.3 Å². The highest BCUT2D eigenvalue weighted by Gasteiger charge is 2.23. The van der Waals surface area contributed by atoms with Crippen molar-refractivity contribution in [1.82, 2.24) is 10.6 Å². The fourth-order valence-electron chi connectivity index (χ4n) is 3.98. The van der Waals surface area contributed by atoms with Gasteiger partial charge in [0.15, 0.2) is 5.76 Å². The molecular weight excluding hydrogens is 526 g/mol. The minimum Gasteiger partial charge on any atom is -0.478 e. The average Bonchev–Trinajstić information content (AvgIpc) is 3.42. The number of hydrogen-bond acceptors (Lipinski definition) is 6. The Bertz CT molecular complexity index is 1510. The SMILES string of the molecule is O=C(O)C=Cc1cccc(NC(=O)[C@H](CCCNC(=O)OCc2ccccc2)NC(=O)c2cc3ccccc3o2)c1. The lowest BCUT2D eigenvalue weighted by atomic mass is 10.1. The Labute approximate surface area is 236 Å². The number of carboxylic acids is 1. The van der Waals surface area contributed by atoms with Gasteiger partial charge in [-0.1, -0.05) is 60.7 Å². The molecule has 0 saturated carbocycles. The highest BCUT2D eigenvalue weighted by Crippen LogP contribution is 2.19. The Balaban J connectivity index is 1.38. The molecule has 4 aromatic rings. The second kappa shape index (κ2) is 14.1. The van der Waals surface area contributed by atoms with Crippen LogP contribution >= 0.6 is 0 Å². The van der Waals surface area contributed by atoms with Crippen molar-refractivity contribution < 1.29 is 33.4 Å². The summed E-state index contributed by atoms with van der Waals surface area (Å²) in [5, 5.41) is 17.8. The Morgan fingerprint density at radius 1 is 0.927 bits per heavy atom. The number of aliphatic carboxylic acids is 1. The lowest BCUT2D eigenvalue weighted by Gasteiger charge is -2.18. The third-order valence-electron chi connectivity index (χ3n) is 6.00. The van der Waals surface area contributed by atoms with Crippen LogP contribution in [-0.2, 0) is 20.9 Å². The molecule has 0 unspecified atom stereocenters. The highest BCUT2D eigenvalue weighted by molar-refractivity contribution is 6.01. The average molecular weight is 556 g/mol. The van der Waals surface area contributed by atoms with Crippen LogP contribution in [0, 0.1) is 0 Å². The highest BCUT2D eigenvalue weighted by atomic mass is 16.5. The molecule has 1 heterocycles. The van der Waals surface area contributed by atoms with Gasteiger partial charge in [-0.3, -0.25) is 9.59 Å². The molecule has 210 valence electrons. The van der Waals surface area contributed by atoms with Crippen LogP contribution in [-0.4, -0.2) is 41.6 Å². The van der Waals surface area contributed by atoms with Crippen molar-refractivity contribution in [2.75, 3.05) is 11.9 Å². The van der Waals surface area contributed by atoms with Gasteiger partial charge in [0.2, 0.25) is 5.91 Å². The Kier molecular flexibility index (Phi) is 9.87. The number of ether oxygens (including phenoxy) is 1. The molecule has 0 aliphatic rings. The molecule has 10 heteroatoms. The number of alkyl carbamates (subject to hydrolysis) is 1. The molecule has 1 aromatic heterocycles. The molecule has 4 rings (SSSR count). The fraction of sp³-hybridized carbons (Fsp3) is 0.161. The van der Waals surface area contributed by atoms with E-state index in [2.05, 4.69) is 16.0 Å². The van der Waals surface area contributed by atoms with Crippen molar-refractivity contribution in [3.63, 3.8) is 0 Å². The molecular formula is C31H29N3O7. The first kappa shape index (κ1) is 28.6. The van der Waals surface area contributed by atoms with Crippen molar-refractivity contribution in [3.8, 4) is 0 Å². The number of amides is 3. The van der Waals surface area contributed by atoms with E-state index in [0.717, 1.165) is 17.0 Å². The zero-order chi connectivity index (χ0) is 29.0. The van der Waals surface area contributed by atoms with Gasteiger partial charge in [-0.2, -0.15) is 0 Å². The van der Waals surface area contributed by atoms with Gasteiger partial charge in [0.05, 0.1) is 0 Å². The molecule has 41 heavy (non-hydrogen) atoms. The van der Waals surface area contributed by atoms with E-state index in [-0.39, 0.29) is 25.3 Å². The van der Waals surface area contributed by atoms with Crippen LogP contribution in [0.2, 0.25) is 0 Å². The molecule has 0 saturated heterocycles. The van der Waals surface area contributed by atoms with E-state index >= 15 is 0 Å². The van der Waals surface area contributed by atoms with E-state index < -0.39 is 29.9 Å². The predicted molar refractivity (Wildman–Crippen MR) is 153 cm³/mol. The van der Waals surface area contributed by atoms with Crippen molar-refractivity contribution in [3.05, 3.63) is 108 Å². The summed E-state index contributed by atoms with van der Waals surface area (Å²) in [5.74, 6) is -2.08. The van der Waals surface area contributed by atoms with Gasteiger partial charge in [0.25, 0.3) is 5.91 Å². The lowest BCUT2D eigenvalue weighted by molar-refractivity contribution is -0.131. The smallest absolute Gasteiger partial charge is 0.407 e. The molecule has 10 nitrogen and oxygen atoms in total. The van der Waals surface area contributed by atoms with Gasteiger partial charge in [-0.05, 0) is 54.3 Å². The van der Waals surface area contributed by atoms with Crippen LogP contribution < -0.4 is 16.0 Å². The number of carbonyl (C=O) groups is 4. The number of benzene rings is 3. The summed E-state index contributed by atoms with van der Waals surface area (Å²) >= 11 is 0. The zero-order valence-electron chi connectivity index (χ0n) is 22.0. The molecule has 0 radical (unpaired) electrons. The number of para-hydroxylation sites is 1. The van der Waals surface area contributed by atoms with E-state index in [1.54, 1.807) is 42.5 Å². The van der Waals surface area contributed by atoms with Gasteiger partial charge in [-0.15, -0.1) is 0 Å². The number of carboxylic acid groups (broad SMARTS) is 1.